The zero-order valence-electron chi connectivity index (χ0n) is 9.59. The topological polar surface area (TPSA) is 81.1 Å². The highest BCUT2D eigenvalue weighted by Gasteiger charge is 2.16. The molecule has 0 radical (unpaired) electrons. The summed E-state index contributed by atoms with van der Waals surface area (Å²) in [6, 6.07) is 0. The summed E-state index contributed by atoms with van der Waals surface area (Å²) < 4.78 is 1.73. The normalized spacial score (nSPS) is 12.6. The van der Waals surface area contributed by atoms with Gasteiger partial charge in [-0.25, -0.2) is 0 Å². The molecule has 0 aliphatic heterocycles. The van der Waals surface area contributed by atoms with E-state index in [1.54, 1.807) is 10.9 Å². The van der Waals surface area contributed by atoms with Gasteiger partial charge in [0.15, 0.2) is 0 Å². The van der Waals surface area contributed by atoms with Crippen molar-refractivity contribution in [1.29, 1.82) is 0 Å². The van der Waals surface area contributed by atoms with E-state index >= 15 is 0 Å². The maximum Gasteiger partial charge on any atom is 0.306 e. The van der Waals surface area contributed by atoms with E-state index in [9.17, 15) is 4.79 Å². The van der Waals surface area contributed by atoms with Crippen LogP contribution in [-0.4, -0.2) is 27.4 Å². The second-order valence-corrected chi connectivity index (χ2v) is 4.03. The van der Waals surface area contributed by atoms with Crippen LogP contribution in [0.4, 0.5) is 0 Å². The molecule has 90 valence electrons. The molecule has 0 aliphatic rings. The van der Waals surface area contributed by atoms with Crippen LogP contribution in [-0.2, 0) is 18.3 Å². The molecule has 1 atom stereocenters. The van der Waals surface area contributed by atoms with Crippen molar-refractivity contribution in [3.8, 4) is 0 Å². The molecular formula is C11H19N3O2. The van der Waals surface area contributed by atoms with Crippen molar-refractivity contribution in [2.24, 2.45) is 18.7 Å². The van der Waals surface area contributed by atoms with Gasteiger partial charge in [-0.3, -0.25) is 9.48 Å². The quantitative estimate of drug-likeness (QED) is 0.719. The van der Waals surface area contributed by atoms with Crippen LogP contribution in [0.25, 0.3) is 0 Å². The second-order valence-electron chi connectivity index (χ2n) is 4.03. The van der Waals surface area contributed by atoms with Crippen molar-refractivity contribution in [2.75, 3.05) is 6.54 Å². The van der Waals surface area contributed by atoms with Crippen LogP contribution >= 0.6 is 0 Å². The van der Waals surface area contributed by atoms with Crippen molar-refractivity contribution in [2.45, 2.75) is 25.7 Å². The Hall–Kier alpha value is -1.36. The fourth-order valence-corrected chi connectivity index (χ4v) is 1.70. The number of aliphatic carboxylic acids is 1. The van der Waals surface area contributed by atoms with Crippen molar-refractivity contribution < 1.29 is 9.90 Å². The van der Waals surface area contributed by atoms with Gasteiger partial charge in [-0.15, -0.1) is 0 Å². The fraction of sp³-hybridized carbons (Fsp3) is 0.636. The lowest BCUT2D eigenvalue weighted by Crippen LogP contribution is -2.16. The minimum Gasteiger partial charge on any atom is -0.481 e. The summed E-state index contributed by atoms with van der Waals surface area (Å²) in [4.78, 5) is 11.0. The largest absolute Gasteiger partial charge is 0.481 e. The van der Waals surface area contributed by atoms with E-state index < -0.39 is 5.97 Å². The molecule has 0 aromatic carbocycles. The number of carboxylic acid groups (broad SMARTS) is 1. The third-order valence-electron chi connectivity index (χ3n) is 2.65. The standard InChI is InChI=1S/C11H19N3O2/c1-14-8-9(7-13-14)4-5-10(11(15)16)3-2-6-12/h7-8,10H,2-6,12H2,1H3,(H,15,16). The van der Waals surface area contributed by atoms with Gasteiger partial charge >= 0.3 is 5.97 Å². The number of hydrogen-bond donors (Lipinski definition) is 2. The molecule has 0 amide bonds. The highest BCUT2D eigenvalue weighted by Crippen LogP contribution is 2.14. The van der Waals surface area contributed by atoms with Gasteiger partial charge in [0, 0.05) is 13.2 Å². The molecule has 3 N–H and O–H groups in total. The minimum atomic E-state index is -0.725. The summed E-state index contributed by atoms with van der Waals surface area (Å²) >= 11 is 0. The first kappa shape index (κ1) is 12.7. The molecule has 16 heavy (non-hydrogen) atoms. The van der Waals surface area contributed by atoms with Crippen LogP contribution in [0, 0.1) is 5.92 Å². The van der Waals surface area contributed by atoms with E-state index in [1.165, 1.54) is 0 Å². The Morgan fingerprint density at radius 1 is 1.62 bits per heavy atom. The average molecular weight is 225 g/mol. The highest BCUT2D eigenvalue weighted by molar-refractivity contribution is 5.69. The number of carbonyl (C=O) groups is 1. The third kappa shape index (κ3) is 4.02. The van der Waals surface area contributed by atoms with Crippen LogP contribution in [0.5, 0.6) is 0 Å². The van der Waals surface area contributed by atoms with Gasteiger partial charge < -0.3 is 10.8 Å². The Balaban J connectivity index is 2.40. The lowest BCUT2D eigenvalue weighted by molar-refractivity contribution is -0.142. The molecule has 1 unspecified atom stereocenters. The number of nitrogens with two attached hydrogens (primary N) is 1. The monoisotopic (exact) mass is 225 g/mol. The van der Waals surface area contributed by atoms with Gasteiger partial charge in [0.1, 0.15) is 0 Å². The van der Waals surface area contributed by atoms with Crippen molar-refractivity contribution in [1.82, 2.24) is 9.78 Å². The molecule has 0 bridgehead atoms. The van der Waals surface area contributed by atoms with Crippen LogP contribution < -0.4 is 5.73 Å². The lowest BCUT2D eigenvalue weighted by atomic mass is 9.96. The predicted molar refractivity (Wildman–Crippen MR) is 60.9 cm³/mol. The summed E-state index contributed by atoms with van der Waals surface area (Å²) in [6.07, 6.45) is 6.54. The third-order valence-corrected chi connectivity index (χ3v) is 2.65. The van der Waals surface area contributed by atoms with Crippen molar-refractivity contribution in [3.05, 3.63) is 18.0 Å². The molecule has 1 heterocycles. The van der Waals surface area contributed by atoms with Gasteiger partial charge in [0.05, 0.1) is 12.1 Å². The zero-order valence-corrected chi connectivity index (χ0v) is 9.59. The number of aromatic nitrogens is 2. The molecule has 1 aromatic rings. The molecule has 5 nitrogen and oxygen atoms in total. The fourth-order valence-electron chi connectivity index (χ4n) is 1.70. The van der Waals surface area contributed by atoms with Gasteiger partial charge in [0.25, 0.3) is 0 Å². The van der Waals surface area contributed by atoms with Crippen LogP contribution in [0.3, 0.4) is 0 Å². The molecule has 0 saturated carbocycles. The molecule has 5 heteroatoms. The van der Waals surface area contributed by atoms with Crippen molar-refractivity contribution in [3.63, 3.8) is 0 Å². The summed E-state index contributed by atoms with van der Waals surface area (Å²) in [7, 11) is 1.85. The average Bonchev–Trinajstić information content (AvgIpc) is 2.64. The number of aryl methyl sites for hydroxylation is 2. The first-order valence-corrected chi connectivity index (χ1v) is 5.54. The Morgan fingerprint density at radius 2 is 2.38 bits per heavy atom. The Kier molecular flexibility index (Phi) is 4.98. The lowest BCUT2D eigenvalue weighted by Gasteiger charge is -2.10. The van der Waals surface area contributed by atoms with E-state index in [-0.39, 0.29) is 5.92 Å². The number of rotatable bonds is 7. The first-order chi connectivity index (χ1) is 7.63. The zero-order chi connectivity index (χ0) is 12.0. The van der Waals surface area contributed by atoms with Crippen LogP contribution in [0.15, 0.2) is 12.4 Å². The summed E-state index contributed by atoms with van der Waals surface area (Å²) in [5, 5.41) is 13.1. The van der Waals surface area contributed by atoms with E-state index in [2.05, 4.69) is 5.10 Å². The summed E-state index contributed by atoms with van der Waals surface area (Å²) in [5.74, 6) is -1.01. The maximum atomic E-state index is 11.0. The second kappa shape index (κ2) is 6.27. The van der Waals surface area contributed by atoms with Gasteiger partial charge in [0.2, 0.25) is 0 Å². The molecule has 0 saturated heterocycles. The number of carboxylic acids is 1. The smallest absolute Gasteiger partial charge is 0.306 e. The van der Waals surface area contributed by atoms with E-state index in [1.807, 2.05) is 13.2 Å². The van der Waals surface area contributed by atoms with Crippen LogP contribution in [0.2, 0.25) is 0 Å². The number of nitrogens with zero attached hydrogens (tertiary/aromatic N) is 2. The van der Waals surface area contributed by atoms with Gasteiger partial charge in [-0.05, 0) is 37.8 Å². The Morgan fingerprint density at radius 3 is 2.88 bits per heavy atom. The molecule has 0 spiro atoms. The molecule has 1 rings (SSSR count). The summed E-state index contributed by atoms with van der Waals surface area (Å²) in [5.41, 5.74) is 6.47. The molecule has 0 fully saturated rings. The Labute approximate surface area is 95.3 Å². The van der Waals surface area contributed by atoms with Gasteiger partial charge in [-0.1, -0.05) is 0 Å². The minimum absolute atomic E-state index is 0.288. The first-order valence-electron chi connectivity index (χ1n) is 5.54. The molecule has 0 aliphatic carbocycles. The molecule has 1 aromatic heterocycles. The molecular weight excluding hydrogens is 206 g/mol. The van der Waals surface area contributed by atoms with Crippen molar-refractivity contribution >= 4 is 5.97 Å². The van der Waals surface area contributed by atoms with E-state index in [0.717, 1.165) is 18.4 Å². The van der Waals surface area contributed by atoms with Gasteiger partial charge in [-0.2, -0.15) is 5.10 Å². The Bertz CT molecular complexity index is 336. The van der Waals surface area contributed by atoms with E-state index in [0.29, 0.717) is 19.4 Å². The van der Waals surface area contributed by atoms with Crippen LogP contribution in [0.1, 0.15) is 24.8 Å². The van der Waals surface area contributed by atoms with E-state index in [4.69, 9.17) is 10.8 Å². The predicted octanol–water partition coefficient (Wildman–Crippen LogP) is 0.792. The highest BCUT2D eigenvalue weighted by atomic mass is 16.4. The summed E-state index contributed by atoms with van der Waals surface area (Å²) in [6.45, 7) is 0.552. The maximum absolute atomic E-state index is 11.0. The SMILES string of the molecule is Cn1cc(CCC(CCCN)C(=O)O)cn1. The number of hydrogen-bond acceptors (Lipinski definition) is 3.